The Kier molecular flexibility index (Phi) is 3.42. The van der Waals surface area contributed by atoms with Crippen molar-refractivity contribution in [3.05, 3.63) is 23.9 Å². The lowest BCUT2D eigenvalue weighted by molar-refractivity contribution is -0.141. The van der Waals surface area contributed by atoms with Crippen LogP contribution in [0.25, 0.3) is 0 Å². The van der Waals surface area contributed by atoms with Gasteiger partial charge in [0.15, 0.2) is 10.8 Å². The van der Waals surface area contributed by atoms with Crippen molar-refractivity contribution in [2.75, 3.05) is 5.75 Å². The Morgan fingerprint density at radius 1 is 1.13 bits per heavy atom. The van der Waals surface area contributed by atoms with Gasteiger partial charge in [0.2, 0.25) is 9.84 Å². The Morgan fingerprint density at radius 3 is 2.22 bits per heavy atom. The van der Waals surface area contributed by atoms with Crippen molar-refractivity contribution in [1.82, 2.24) is 4.98 Å². The van der Waals surface area contributed by atoms with Gasteiger partial charge in [-0.1, -0.05) is 6.07 Å². The Balaban J connectivity index is 1.58. The molecular formula is C18H23NO3S. The minimum atomic E-state index is -3.64. The fourth-order valence-electron chi connectivity index (χ4n) is 5.54. The first-order valence-electron chi connectivity index (χ1n) is 8.56. The first-order chi connectivity index (χ1) is 10.9. The first kappa shape index (κ1) is 15.3. The molecule has 4 nitrogen and oxygen atoms in total. The quantitative estimate of drug-likeness (QED) is 0.850. The Morgan fingerprint density at radius 2 is 1.70 bits per heavy atom. The maximum atomic E-state index is 13.0. The molecule has 0 radical (unpaired) electrons. The van der Waals surface area contributed by atoms with Crippen LogP contribution in [0.2, 0.25) is 0 Å². The van der Waals surface area contributed by atoms with Crippen LogP contribution < -0.4 is 0 Å². The van der Waals surface area contributed by atoms with Crippen LogP contribution in [0.3, 0.4) is 0 Å². The highest BCUT2D eigenvalue weighted by Crippen LogP contribution is 2.60. The fourth-order valence-corrected chi connectivity index (χ4v) is 6.91. The molecule has 0 saturated heterocycles. The van der Waals surface area contributed by atoms with Crippen LogP contribution in [0, 0.1) is 30.1 Å². The molecule has 5 rings (SSSR count). The summed E-state index contributed by atoms with van der Waals surface area (Å²) in [7, 11) is -3.64. The predicted molar refractivity (Wildman–Crippen MR) is 86.6 cm³/mol. The molecule has 1 aromatic heterocycles. The average Bonchev–Trinajstić information content (AvgIpc) is 2.45. The molecule has 0 spiro atoms. The summed E-state index contributed by atoms with van der Waals surface area (Å²) in [5.41, 5.74) is 0.305. The van der Waals surface area contributed by atoms with Gasteiger partial charge < -0.3 is 0 Å². The van der Waals surface area contributed by atoms with Gasteiger partial charge in [-0.15, -0.1) is 0 Å². The lowest BCUT2D eigenvalue weighted by Gasteiger charge is -2.55. The molecule has 0 unspecified atom stereocenters. The third-order valence-electron chi connectivity index (χ3n) is 6.13. The van der Waals surface area contributed by atoms with Crippen molar-refractivity contribution in [2.24, 2.45) is 23.2 Å². The highest BCUT2D eigenvalue weighted by molar-refractivity contribution is 7.92. The van der Waals surface area contributed by atoms with Gasteiger partial charge in [-0.3, -0.25) is 4.79 Å². The molecule has 124 valence electrons. The SMILES string of the molecule is Cc1cccc(S(=O)(=O)CC(=O)C23CC4CC(CC(C4)C2)C3)n1. The van der Waals surface area contributed by atoms with Crippen LogP contribution >= 0.6 is 0 Å². The second kappa shape index (κ2) is 5.13. The third kappa shape index (κ3) is 2.63. The smallest absolute Gasteiger partial charge is 0.202 e. The number of sulfone groups is 1. The summed E-state index contributed by atoms with van der Waals surface area (Å²) in [5.74, 6) is 1.50. The van der Waals surface area contributed by atoms with E-state index >= 15 is 0 Å². The number of nitrogens with zero attached hydrogens (tertiary/aromatic N) is 1. The molecule has 0 atom stereocenters. The van der Waals surface area contributed by atoms with Gasteiger partial charge in [0.25, 0.3) is 0 Å². The largest absolute Gasteiger partial charge is 0.298 e. The first-order valence-corrected chi connectivity index (χ1v) is 10.2. The highest BCUT2D eigenvalue weighted by atomic mass is 32.2. The standard InChI is InChI=1S/C18H23NO3S/c1-12-3-2-4-17(19-12)23(21,22)11-16(20)18-8-13-5-14(9-18)7-15(6-13)10-18/h2-4,13-15H,5-11H2,1H3. The summed E-state index contributed by atoms with van der Waals surface area (Å²) in [4.78, 5) is 17.1. The molecule has 1 aromatic rings. The van der Waals surface area contributed by atoms with E-state index in [4.69, 9.17) is 0 Å². The maximum Gasteiger partial charge on any atom is 0.202 e. The molecule has 5 heteroatoms. The molecular weight excluding hydrogens is 310 g/mol. The molecule has 4 saturated carbocycles. The number of carbonyl (C=O) groups excluding carboxylic acids is 1. The van der Waals surface area contributed by atoms with Gasteiger partial charge in [-0.2, -0.15) is 0 Å². The molecule has 0 aromatic carbocycles. The molecule has 0 amide bonds. The van der Waals surface area contributed by atoms with E-state index in [1.807, 2.05) is 0 Å². The molecule has 0 aliphatic heterocycles. The summed E-state index contributed by atoms with van der Waals surface area (Å²) >= 11 is 0. The van der Waals surface area contributed by atoms with E-state index in [9.17, 15) is 13.2 Å². The Hall–Kier alpha value is -1.23. The lowest BCUT2D eigenvalue weighted by Crippen LogP contribution is -2.51. The van der Waals surface area contributed by atoms with E-state index in [0.29, 0.717) is 23.4 Å². The van der Waals surface area contributed by atoms with Gasteiger partial charge in [0.1, 0.15) is 5.75 Å². The Labute approximate surface area is 137 Å². The van der Waals surface area contributed by atoms with Crippen molar-refractivity contribution in [1.29, 1.82) is 0 Å². The number of aromatic nitrogens is 1. The topological polar surface area (TPSA) is 64.1 Å². The molecule has 23 heavy (non-hydrogen) atoms. The zero-order valence-electron chi connectivity index (χ0n) is 13.5. The number of pyridine rings is 1. The molecule has 4 aliphatic rings. The zero-order chi connectivity index (χ0) is 16.2. The van der Waals surface area contributed by atoms with Crippen LogP contribution in [-0.4, -0.2) is 24.9 Å². The minimum absolute atomic E-state index is 0.0376. The van der Waals surface area contributed by atoms with Crippen LogP contribution in [0.15, 0.2) is 23.2 Å². The number of carbonyl (C=O) groups is 1. The van der Waals surface area contributed by atoms with Gasteiger partial charge in [0.05, 0.1) is 0 Å². The summed E-state index contributed by atoms with van der Waals surface area (Å²) in [6.45, 7) is 1.76. The van der Waals surface area contributed by atoms with Crippen molar-refractivity contribution in [2.45, 2.75) is 50.5 Å². The highest BCUT2D eigenvalue weighted by Gasteiger charge is 2.54. The average molecular weight is 333 g/mol. The predicted octanol–water partition coefficient (Wildman–Crippen LogP) is 2.95. The van der Waals surface area contributed by atoms with E-state index in [0.717, 1.165) is 19.3 Å². The van der Waals surface area contributed by atoms with E-state index < -0.39 is 9.84 Å². The van der Waals surface area contributed by atoms with Crippen molar-refractivity contribution >= 4 is 15.6 Å². The Bertz CT molecular complexity index is 718. The number of aryl methyl sites for hydroxylation is 1. The lowest BCUT2D eigenvalue weighted by atomic mass is 9.48. The number of hydrogen-bond donors (Lipinski definition) is 0. The van der Waals surface area contributed by atoms with Crippen molar-refractivity contribution < 1.29 is 13.2 Å². The third-order valence-corrected chi connectivity index (χ3v) is 7.64. The number of rotatable bonds is 4. The van der Waals surface area contributed by atoms with Gasteiger partial charge in [-0.25, -0.2) is 13.4 Å². The maximum absolute atomic E-state index is 13.0. The summed E-state index contributed by atoms with van der Waals surface area (Å²) < 4.78 is 25.2. The molecule has 4 bridgehead atoms. The second-order valence-corrected chi connectivity index (χ2v) is 9.93. The monoisotopic (exact) mass is 333 g/mol. The molecule has 1 heterocycles. The van der Waals surface area contributed by atoms with Crippen molar-refractivity contribution in [3.8, 4) is 0 Å². The van der Waals surface area contributed by atoms with E-state index in [1.54, 1.807) is 19.1 Å². The van der Waals surface area contributed by atoms with Gasteiger partial charge in [-0.05, 0) is 75.3 Å². The van der Waals surface area contributed by atoms with Gasteiger partial charge in [0, 0.05) is 11.1 Å². The number of ketones is 1. The second-order valence-electron chi connectivity index (χ2n) is 8.00. The van der Waals surface area contributed by atoms with Gasteiger partial charge >= 0.3 is 0 Å². The summed E-state index contributed by atoms with van der Waals surface area (Å²) in [5, 5.41) is 0.0376. The van der Waals surface area contributed by atoms with Crippen LogP contribution in [0.5, 0.6) is 0 Å². The van der Waals surface area contributed by atoms with Crippen molar-refractivity contribution in [3.63, 3.8) is 0 Å². The van der Waals surface area contributed by atoms with Crippen LogP contribution in [-0.2, 0) is 14.6 Å². The van der Waals surface area contributed by atoms with E-state index in [2.05, 4.69) is 4.98 Å². The molecule has 4 fully saturated rings. The zero-order valence-corrected chi connectivity index (χ0v) is 14.3. The van der Waals surface area contributed by atoms with Crippen LogP contribution in [0.1, 0.15) is 44.2 Å². The fraction of sp³-hybridized carbons (Fsp3) is 0.667. The summed E-state index contributed by atoms with van der Waals surface area (Å²) in [6, 6.07) is 4.94. The van der Waals surface area contributed by atoms with Crippen LogP contribution in [0.4, 0.5) is 0 Å². The summed E-state index contributed by atoms with van der Waals surface area (Å²) in [6.07, 6.45) is 6.48. The van der Waals surface area contributed by atoms with E-state index in [-0.39, 0.29) is 22.0 Å². The van der Waals surface area contributed by atoms with E-state index in [1.165, 1.54) is 25.3 Å². The minimum Gasteiger partial charge on any atom is -0.298 e. The number of Topliss-reactive ketones (excluding diaryl/α,β-unsaturated/α-hetero) is 1. The molecule has 0 N–H and O–H groups in total. The molecule has 4 aliphatic carbocycles. The normalized spacial score (nSPS) is 35.4. The number of hydrogen-bond acceptors (Lipinski definition) is 4.